The second kappa shape index (κ2) is 7.99. The molecule has 0 amide bonds. The van der Waals surface area contributed by atoms with E-state index in [0.717, 1.165) is 24.2 Å². The van der Waals surface area contributed by atoms with Crippen molar-refractivity contribution in [1.82, 2.24) is 4.72 Å². The van der Waals surface area contributed by atoms with Gasteiger partial charge in [0.05, 0.1) is 19.1 Å². The van der Waals surface area contributed by atoms with Gasteiger partial charge in [-0.25, -0.2) is 13.1 Å². The Labute approximate surface area is 137 Å². The second-order valence-electron chi connectivity index (χ2n) is 5.02. The molecule has 5 nitrogen and oxygen atoms in total. The predicted octanol–water partition coefficient (Wildman–Crippen LogP) is 2.61. The van der Waals surface area contributed by atoms with Gasteiger partial charge in [-0.15, -0.1) is 0 Å². The van der Waals surface area contributed by atoms with Gasteiger partial charge < -0.3 is 9.47 Å². The van der Waals surface area contributed by atoms with E-state index in [1.165, 1.54) is 12.1 Å². The van der Waals surface area contributed by atoms with Gasteiger partial charge in [0.15, 0.2) is 0 Å². The average Bonchev–Trinajstić information content (AvgIpc) is 2.59. The van der Waals surface area contributed by atoms with Crippen molar-refractivity contribution < 1.29 is 17.9 Å². The van der Waals surface area contributed by atoms with E-state index < -0.39 is 10.0 Å². The summed E-state index contributed by atoms with van der Waals surface area (Å²) in [6, 6.07) is 14.1. The van der Waals surface area contributed by atoms with Crippen molar-refractivity contribution in [2.24, 2.45) is 0 Å². The first-order valence-corrected chi connectivity index (χ1v) is 8.80. The van der Waals surface area contributed by atoms with Crippen molar-refractivity contribution in [2.75, 3.05) is 20.8 Å². The fourth-order valence-corrected chi connectivity index (χ4v) is 3.20. The van der Waals surface area contributed by atoms with Gasteiger partial charge in [-0.2, -0.15) is 0 Å². The van der Waals surface area contributed by atoms with Crippen molar-refractivity contribution in [1.29, 1.82) is 0 Å². The normalized spacial score (nSPS) is 11.2. The van der Waals surface area contributed by atoms with Crippen LogP contribution in [0.5, 0.6) is 11.5 Å². The zero-order chi connectivity index (χ0) is 16.7. The summed E-state index contributed by atoms with van der Waals surface area (Å²) in [6.07, 6.45) is 1.52. The molecule has 0 atom stereocenters. The van der Waals surface area contributed by atoms with E-state index in [2.05, 4.69) is 4.72 Å². The van der Waals surface area contributed by atoms with Crippen LogP contribution in [0.1, 0.15) is 12.0 Å². The number of rotatable bonds is 8. The number of hydrogen-bond donors (Lipinski definition) is 1. The van der Waals surface area contributed by atoms with Gasteiger partial charge in [-0.3, -0.25) is 0 Å². The smallest absolute Gasteiger partial charge is 0.240 e. The summed E-state index contributed by atoms with van der Waals surface area (Å²) in [7, 11) is -0.305. The molecule has 0 saturated heterocycles. The Morgan fingerprint density at radius 3 is 1.91 bits per heavy atom. The molecule has 0 fully saturated rings. The maximum Gasteiger partial charge on any atom is 0.240 e. The van der Waals surface area contributed by atoms with Crippen LogP contribution in [0.15, 0.2) is 53.4 Å². The molecule has 2 aromatic carbocycles. The van der Waals surface area contributed by atoms with Crippen LogP contribution in [0.25, 0.3) is 0 Å². The van der Waals surface area contributed by atoms with E-state index >= 15 is 0 Å². The van der Waals surface area contributed by atoms with E-state index in [1.807, 2.05) is 24.3 Å². The SMILES string of the molecule is COc1ccc(CCCNS(=O)(=O)c2ccc(OC)cc2)cc1. The molecule has 0 aliphatic rings. The lowest BCUT2D eigenvalue weighted by atomic mass is 10.1. The van der Waals surface area contributed by atoms with Gasteiger partial charge >= 0.3 is 0 Å². The Morgan fingerprint density at radius 2 is 1.39 bits per heavy atom. The van der Waals surface area contributed by atoms with E-state index in [9.17, 15) is 8.42 Å². The highest BCUT2D eigenvalue weighted by molar-refractivity contribution is 7.89. The highest BCUT2D eigenvalue weighted by Crippen LogP contribution is 2.15. The van der Waals surface area contributed by atoms with Crippen LogP contribution < -0.4 is 14.2 Å². The Bertz CT molecular complexity index is 709. The fraction of sp³-hybridized carbons (Fsp3) is 0.294. The molecule has 6 heteroatoms. The zero-order valence-corrected chi connectivity index (χ0v) is 14.1. The quantitative estimate of drug-likeness (QED) is 0.753. The van der Waals surface area contributed by atoms with Crippen LogP contribution in [0.3, 0.4) is 0 Å². The van der Waals surface area contributed by atoms with Crippen LogP contribution in [-0.4, -0.2) is 29.2 Å². The molecular formula is C17H21NO4S. The van der Waals surface area contributed by atoms with E-state index in [1.54, 1.807) is 26.4 Å². The van der Waals surface area contributed by atoms with Crippen molar-refractivity contribution in [3.63, 3.8) is 0 Å². The molecule has 0 bridgehead atoms. The first-order valence-electron chi connectivity index (χ1n) is 7.32. The average molecular weight is 335 g/mol. The maximum atomic E-state index is 12.2. The highest BCUT2D eigenvalue weighted by Gasteiger charge is 2.12. The van der Waals surface area contributed by atoms with Crippen molar-refractivity contribution in [3.05, 3.63) is 54.1 Å². The molecule has 1 N–H and O–H groups in total. The van der Waals surface area contributed by atoms with Gasteiger partial charge in [0.1, 0.15) is 11.5 Å². The van der Waals surface area contributed by atoms with Gasteiger partial charge in [-0.1, -0.05) is 12.1 Å². The van der Waals surface area contributed by atoms with Crippen molar-refractivity contribution in [2.45, 2.75) is 17.7 Å². The summed E-state index contributed by atoms with van der Waals surface area (Å²) in [5.74, 6) is 1.44. The number of ether oxygens (including phenoxy) is 2. The van der Waals surface area contributed by atoms with E-state index in [4.69, 9.17) is 9.47 Å². The molecule has 23 heavy (non-hydrogen) atoms. The molecule has 2 rings (SSSR count). The second-order valence-corrected chi connectivity index (χ2v) is 6.79. The number of nitrogens with one attached hydrogen (secondary N) is 1. The number of benzene rings is 2. The molecule has 0 spiro atoms. The summed E-state index contributed by atoms with van der Waals surface area (Å²) in [5.41, 5.74) is 1.15. The summed E-state index contributed by atoms with van der Waals surface area (Å²) in [6.45, 7) is 0.389. The standard InChI is InChI=1S/C17H21NO4S/c1-21-15-7-5-14(6-8-15)4-3-13-18-23(19,20)17-11-9-16(22-2)10-12-17/h5-12,18H,3-4,13H2,1-2H3. The number of aryl methyl sites for hydroxylation is 1. The Kier molecular flexibility index (Phi) is 6.01. The molecule has 0 saturated carbocycles. The van der Waals surface area contributed by atoms with E-state index in [0.29, 0.717) is 12.3 Å². The van der Waals surface area contributed by atoms with Gasteiger partial charge in [0, 0.05) is 6.54 Å². The lowest BCUT2D eigenvalue weighted by Gasteiger charge is -2.08. The minimum atomic E-state index is -3.48. The molecule has 0 radical (unpaired) electrons. The van der Waals surface area contributed by atoms with Crippen molar-refractivity contribution >= 4 is 10.0 Å². The molecular weight excluding hydrogens is 314 g/mol. The van der Waals surface area contributed by atoms with Gasteiger partial charge in [0.25, 0.3) is 0 Å². The Hall–Kier alpha value is -2.05. The Morgan fingerprint density at radius 1 is 0.870 bits per heavy atom. The minimum absolute atomic E-state index is 0.239. The number of hydrogen-bond acceptors (Lipinski definition) is 4. The number of sulfonamides is 1. The summed E-state index contributed by atoms with van der Waals surface area (Å²) in [4.78, 5) is 0.239. The molecule has 0 unspecified atom stereocenters. The number of methoxy groups -OCH3 is 2. The van der Waals surface area contributed by atoms with Crippen LogP contribution in [0.2, 0.25) is 0 Å². The topological polar surface area (TPSA) is 64.6 Å². The van der Waals surface area contributed by atoms with Crippen molar-refractivity contribution in [3.8, 4) is 11.5 Å². The fourth-order valence-electron chi connectivity index (χ4n) is 2.13. The summed E-state index contributed by atoms with van der Waals surface area (Å²) >= 11 is 0. The molecule has 0 aliphatic carbocycles. The first-order chi connectivity index (χ1) is 11.0. The Balaban J connectivity index is 1.84. The lowest BCUT2D eigenvalue weighted by molar-refractivity contribution is 0.414. The lowest BCUT2D eigenvalue weighted by Crippen LogP contribution is -2.25. The van der Waals surface area contributed by atoms with Crippen LogP contribution in [0, 0.1) is 0 Å². The van der Waals surface area contributed by atoms with Crippen LogP contribution >= 0.6 is 0 Å². The predicted molar refractivity (Wildman–Crippen MR) is 89.5 cm³/mol. The molecule has 2 aromatic rings. The highest BCUT2D eigenvalue weighted by atomic mass is 32.2. The maximum absolute atomic E-state index is 12.2. The monoisotopic (exact) mass is 335 g/mol. The molecule has 0 aliphatic heterocycles. The first kappa shape index (κ1) is 17.3. The van der Waals surface area contributed by atoms with E-state index in [-0.39, 0.29) is 4.90 Å². The van der Waals surface area contributed by atoms with Gasteiger partial charge in [-0.05, 0) is 54.8 Å². The van der Waals surface area contributed by atoms with Crippen LogP contribution in [-0.2, 0) is 16.4 Å². The van der Waals surface area contributed by atoms with Crippen LogP contribution in [0.4, 0.5) is 0 Å². The third-order valence-corrected chi connectivity index (χ3v) is 4.94. The third-order valence-electron chi connectivity index (χ3n) is 3.46. The zero-order valence-electron chi connectivity index (χ0n) is 13.3. The molecule has 0 aromatic heterocycles. The largest absolute Gasteiger partial charge is 0.497 e. The van der Waals surface area contributed by atoms with Gasteiger partial charge in [0.2, 0.25) is 10.0 Å². The minimum Gasteiger partial charge on any atom is -0.497 e. The molecule has 124 valence electrons. The summed E-state index contributed by atoms with van der Waals surface area (Å²) < 4.78 is 37.1. The third kappa shape index (κ3) is 4.97. The summed E-state index contributed by atoms with van der Waals surface area (Å²) in [5, 5.41) is 0. The molecule has 0 heterocycles.